The number of aryl methyl sites for hydroxylation is 2. The molecule has 1 N–H and O–H groups in total. The first-order chi connectivity index (χ1) is 7.28. The van der Waals surface area contributed by atoms with Gasteiger partial charge in [-0.05, 0) is 40.2 Å². The molecule has 2 heteroatoms. The third-order valence-corrected chi connectivity index (χ3v) is 2.42. The van der Waals surface area contributed by atoms with Gasteiger partial charge >= 0.3 is 0 Å². The van der Waals surface area contributed by atoms with E-state index in [-0.39, 0.29) is 5.54 Å². The van der Waals surface area contributed by atoms with Crippen molar-refractivity contribution in [2.45, 2.75) is 46.3 Å². The molecule has 0 bridgehead atoms. The van der Waals surface area contributed by atoms with E-state index in [1.54, 1.807) is 0 Å². The van der Waals surface area contributed by atoms with Crippen molar-refractivity contribution >= 4 is 0 Å². The Hall–Kier alpha value is -0.890. The van der Waals surface area contributed by atoms with Gasteiger partial charge in [0.1, 0.15) is 6.17 Å². The number of nitrogens with one attached hydrogen (secondary N) is 1. The average molecular weight is 223 g/mol. The quantitative estimate of drug-likeness (QED) is 0.824. The standard InChI is InChI=1S/C14H22FN/c1-10-6-11(2)8-12(7-10)13(15)9-16-14(3,4)5/h6-8,13,16H,9H2,1-5H3. The minimum atomic E-state index is -0.933. The van der Waals surface area contributed by atoms with Crippen LogP contribution in [-0.4, -0.2) is 12.1 Å². The predicted octanol–water partition coefficient (Wildman–Crippen LogP) is 3.70. The fourth-order valence-electron chi connectivity index (χ4n) is 1.70. The van der Waals surface area contributed by atoms with Crippen LogP contribution >= 0.6 is 0 Å². The molecule has 1 unspecified atom stereocenters. The van der Waals surface area contributed by atoms with E-state index in [1.807, 2.05) is 46.8 Å². The van der Waals surface area contributed by atoms with Crippen LogP contribution in [0.5, 0.6) is 0 Å². The van der Waals surface area contributed by atoms with E-state index in [1.165, 1.54) is 0 Å². The van der Waals surface area contributed by atoms with E-state index in [0.29, 0.717) is 6.54 Å². The molecule has 1 nitrogen and oxygen atoms in total. The molecule has 0 spiro atoms. The minimum absolute atomic E-state index is 0.0385. The molecule has 0 aliphatic rings. The van der Waals surface area contributed by atoms with Gasteiger partial charge in [-0.3, -0.25) is 0 Å². The van der Waals surface area contributed by atoms with Gasteiger partial charge in [0, 0.05) is 12.1 Å². The summed E-state index contributed by atoms with van der Waals surface area (Å²) in [6.07, 6.45) is -0.933. The number of hydrogen-bond donors (Lipinski definition) is 1. The van der Waals surface area contributed by atoms with Crippen molar-refractivity contribution in [1.29, 1.82) is 0 Å². The largest absolute Gasteiger partial charge is 0.309 e. The lowest BCUT2D eigenvalue weighted by molar-refractivity contribution is 0.291. The topological polar surface area (TPSA) is 12.0 Å². The van der Waals surface area contributed by atoms with Crippen LogP contribution in [-0.2, 0) is 0 Å². The van der Waals surface area contributed by atoms with Crippen LogP contribution in [0.1, 0.15) is 43.6 Å². The van der Waals surface area contributed by atoms with Crippen LogP contribution in [0.3, 0.4) is 0 Å². The van der Waals surface area contributed by atoms with Crippen molar-refractivity contribution < 1.29 is 4.39 Å². The zero-order valence-corrected chi connectivity index (χ0v) is 10.9. The summed E-state index contributed by atoms with van der Waals surface area (Å²) in [5.74, 6) is 0. The van der Waals surface area contributed by atoms with Gasteiger partial charge in [0.2, 0.25) is 0 Å². The van der Waals surface area contributed by atoms with E-state index in [4.69, 9.17) is 0 Å². The zero-order chi connectivity index (χ0) is 12.3. The molecular weight excluding hydrogens is 201 g/mol. The van der Waals surface area contributed by atoms with Gasteiger partial charge in [-0.2, -0.15) is 0 Å². The van der Waals surface area contributed by atoms with E-state index >= 15 is 0 Å². The summed E-state index contributed by atoms with van der Waals surface area (Å²) in [4.78, 5) is 0. The van der Waals surface area contributed by atoms with Crippen molar-refractivity contribution in [3.8, 4) is 0 Å². The molecule has 16 heavy (non-hydrogen) atoms. The molecule has 0 aromatic heterocycles. The first-order valence-corrected chi connectivity index (χ1v) is 5.75. The van der Waals surface area contributed by atoms with Crippen molar-refractivity contribution in [2.24, 2.45) is 0 Å². The smallest absolute Gasteiger partial charge is 0.138 e. The lowest BCUT2D eigenvalue weighted by Gasteiger charge is -2.22. The fourth-order valence-corrected chi connectivity index (χ4v) is 1.70. The van der Waals surface area contributed by atoms with Crippen LogP contribution < -0.4 is 5.32 Å². The Morgan fingerprint density at radius 1 is 1.12 bits per heavy atom. The van der Waals surface area contributed by atoms with Crippen LogP contribution in [0.25, 0.3) is 0 Å². The van der Waals surface area contributed by atoms with Gasteiger partial charge in [0.25, 0.3) is 0 Å². The Bertz CT molecular complexity index is 332. The van der Waals surface area contributed by atoms with Crippen molar-refractivity contribution in [3.63, 3.8) is 0 Å². The molecule has 1 aromatic carbocycles. The summed E-state index contributed by atoms with van der Waals surface area (Å²) in [7, 11) is 0. The molecule has 90 valence electrons. The second kappa shape index (κ2) is 4.96. The maximum absolute atomic E-state index is 14.0. The van der Waals surface area contributed by atoms with Crippen molar-refractivity contribution in [3.05, 3.63) is 34.9 Å². The van der Waals surface area contributed by atoms with Gasteiger partial charge in [-0.25, -0.2) is 4.39 Å². The van der Waals surface area contributed by atoms with Crippen molar-refractivity contribution in [2.75, 3.05) is 6.54 Å². The molecule has 1 atom stereocenters. The summed E-state index contributed by atoms with van der Waals surface area (Å²) in [6.45, 7) is 10.5. The van der Waals surface area contributed by atoms with E-state index < -0.39 is 6.17 Å². The van der Waals surface area contributed by atoms with Crippen LogP contribution in [0, 0.1) is 13.8 Å². The second-order valence-electron chi connectivity index (χ2n) is 5.52. The monoisotopic (exact) mass is 223 g/mol. The number of halogens is 1. The highest BCUT2D eigenvalue weighted by atomic mass is 19.1. The normalized spacial score (nSPS) is 13.9. The van der Waals surface area contributed by atoms with Gasteiger partial charge in [0.15, 0.2) is 0 Å². The van der Waals surface area contributed by atoms with Crippen LogP contribution in [0.2, 0.25) is 0 Å². The molecular formula is C14H22FN. The molecule has 1 rings (SSSR count). The van der Waals surface area contributed by atoms with Gasteiger partial charge in [-0.1, -0.05) is 29.3 Å². The molecule has 0 radical (unpaired) electrons. The molecule has 1 aromatic rings. The summed E-state index contributed by atoms with van der Waals surface area (Å²) in [6, 6.07) is 5.90. The average Bonchev–Trinajstić information content (AvgIpc) is 2.11. The number of hydrogen-bond acceptors (Lipinski definition) is 1. The van der Waals surface area contributed by atoms with E-state index in [9.17, 15) is 4.39 Å². The Labute approximate surface area is 98.1 Å². The molecule has 0 saturated heterocycles. The van der Waals surface area contributed by atoms with Gasteiger partial charge < -0.3 is 5.32 Å². The Morgan fingerprint density at radius 2 is 1.62 bits per heavy atom. The number of benzene rings is 1. The summed E-state index contributed by atoms with van der Waals surface area (Å²) >= 11 is 0. The van der Waals surface area contributed by atoms with E-state index in [2.05, 4.69) is 11.4 Å². The highest BCUT2D eigenvalue weighted by Crippen LogP contribution is 2.20. The summed E-state index contributed by atoms with van der Waals surface area (Å²) < 4.78 is 14.0. The zero-order valence-electron chi connectivity index (χ0n) is 10.9. The first kappa shape index (κ1) is 13.2. The fraction of sp³-hybridized carbons (Fsp3) is 0.571. The second-order valence-corrected chi connectivity index (χ2v) is 5.52. The highest BCUT2D eigenvalue weighted by Gasteiger charge is 2.15. The van der Waals surface area contributed by atoms with E-state index in [0.717, 1.165) is 16.7 Å². The highest BCUT2D eigenvalue weighted by molar-refractivity contribution is 5.30. The molecule has 0 saturated carbocycles. The lowest BCUT2D eigenvalue weighted by Crippen LogP contribution is -2.37. The number of rotatable bonds is 3. The predicted molar refractivity (Wildman–Crippen MR) is 67.5 cm³/mol. The maximum Gasteiger partial charge on any atom is 0.138 e. The Kier molecular flexibility index (Phi) is 4.09. The molecule has 0 aliphatic heterocycles. The first-order valence-electron chi connectivity index (χ1n) is 5.75. The third kappa shape index (κ3) is 4.31. The third-order valence-electron chi connectivity index (χ3n) is 2.42. The summed E-state index contributed by atoms with van der Waals surface area (Å²) in [5.41, 5.74) is 2.97. The SMILES string of the molecule is Cc1cc(C)cc(C(F)CNC(C)(C)C)c1. The number of alkyl halides is 1. The molecule has 0 amide bonds. The Morgan fingerprint density at radius 3 is 2.06 bits per heavy atom. The van der Waals surface area contributed by atoms with Crippen LogP contribution in [0.15, 0.2) is 18.2 Å². The van der Waals surface area contributed by atoms with Gasteiger partial charge in [-0.15, -0.1) is 0 Å². The minimum Gasteiger partial charge on any atom is -0.309 e. The van der Waals surface area contributed by atoms with Gasteiger partial charge in [0.05, 0.1) is 0 Å². The molecule has 0 aliphatic carbocycles. The van der Waals surface area contributed by atoms with Crippen LogP contribution in [0.4, 0.5) is 4.39 Å². The maximum atomic E-state index is 14.0. The Balaban J connectivity index is 2.69. The summed E-state index contributed by atoms with van der Waals surface area (Å²) in [5, 5.41) is 3.18. The molecule has 0 fully saturated rings. The van der Waals surface area contributed by atoms with Crippen molar-refractivity contribution in [1.82, 2.24) is 5.32 Å². The molecule has 0 heterocycles. The lowest BCUT2D eigenvalue weighted by atomic mass is 10.0.